The lowest BCUT2D eigenvalue weighted by Crippen LogP contribution is -2.26. The number of unbranched alkanes of at least 4 members (excludes halogenated alkanes) is 7. The molecule has 0 unspecified atom stereocenters. The molecule has 1 aromatic heterocycles. The molecule has 0 saturated heterocycles. The normalized spacial score (nSPS) is 11.2. The van der Waals surface area contributed by atoms with Crippen LogP contribution in [0.5, 0.6) is 11.6 Å². The van der Waals surface area contributed by atoms with E-state index in [1.54, 1.807) is 26.1 Å². The molecule has 5 heteroatoms. The van der Waals surface area contributed by atoms with Crippen molar-refractivity contribution < 1.29 is 19.0 Å². The zero-order valence-corrected chi connectivity index (χ0v) is 20.3. The molecule has 0 saturated carbocycles. The highest BCUT2D eigenvalue weighted by Gasteiger charge is 2.15. The molecule has 33 heavy (non-hydrogen) atoms. The molecule has 0 N–H and O–H groups in total. The van der Waals surface area contributed by atoms with Gasteiger partial charge in [-0.05, 0) is 50.6 Å². The van der Waals surface area contributed by atoms with Gasteiger partial charge in [0, 0.05) is 23.4 Å². The molecule has 0 aliphatic heterocycles. The van der Waals surface area contributed by atoms with Gasteiger partial charge in [-0.3, -0.25) is 0 Å². The van der Waals surface area contributed by atoms with Crippen LogP contribution in [-0.2, 0) is 9.53 Å². The van der Waals surface area contributed by atoms with E-state index in [0.717, 1.165) is 29.9 Å². The Kier molecular flexibility index (Phi) is 12.5. The number of nitrogens with zero attached hydrogens (tertiary/aromatic N) is 1. The first kappa shape index (κ1) is 26.3. The van der Waals surface area contributed by atoms with Crippen molar-refractivity contribution in [3.8, 4) is 23.5 Å². The van der Waals surface area contributed by atoms with Crippen molar-refractivity contribution in [2.45, 2.75) is 78.2 Å². The second-order valence-corrected chi connectivity index (χ2v) is 7.99. The molecule has 0 radical (unpaired) electrons. The van der Waals surface area contributed by atoms with Gasteiger partial charge in [0.2, 0.25) is 5.88 Å². The summed E-state index contributed by atoms with van der Waals surface area (Å²) >= 11 is 0. The summed E-state index contributed by atoms with van der Waals surface area (Å²) in [5, 5.41) is 0. The van der Waals surface area contributed by atoms with Crippen molar-refractivity contribution >= 4 is 5.97 Å². The molecule has 0 aliphatic rings. The number of carbonyl (C=O) groups is 1. The van der Waals surface area contributed by atoms with Gasteiger partial charge >= 0.3 is 5.97 Å². The Balaban J connectivity index is 1.71. The van der Waals surface area contributed by atoms with Gasteiger partial charge in [0.05, 0.1) is 13.2 Å². The minimum atomic E-state index is -0.703. The standard InChI is InChI=1S/C28H37NO4/c1-4-6-7-8-9-10-11-12-21-32-26-18-15-24(16-19-26)13-14-25-17-20-27(29-22-25)33-23(3)28(30)31-5-2/h15-20,22-23H,4-12,21H2,1-3H3/t23-/m0/s1. The summed E-state index contributed by atoms with van der Waals surface area (Å²) in [4.78, 5) is 15.8. The van der Waals surface area contributed by atoms with Crippen LogP contribution in [0.2, 0.25) is 0 Å². The van der Waals surface area contributed by atoms with E-state index in [4.69, 9.17) is 14.2 Å². The number of hydrogen-bond donors (Lipinski definition) is 0. The Morgan fingerprint density at radius 3 is 2.15 bits per heavy atom. The first-order valence-corrected chi connectivity index (χ1v) is 12.2. The van der Waals surface area contributed by atoms with Gasteiger partial charge in [-0.15, -0.1) is 0 Å². The Bertz CT molecular complexity index is 866. The number of benzene rings is 1. The second kappa shape index (κ2) is 15.7. The molecule has 0 amide bonds. The lowest BCUT2D eigenvalue weighted by atomic mass is 10.1. The maximum Gasteiger partial charge on any atom is 0.347 e. The highest BCUT2D eigenvalue weighted by Crippen LogP contribution is 2.14. The summed E-state index contributed by atoms with van der Waals surface area (Å²) in [7, 11) is 0. The van der Waals surface area contributed by atoms with E-state index in [0.29, 0.717) is 12.5 Å². The summed E-state index contributed by atoms with van der Waals surface area (Å²) in [6, 6.07) is 11.3. The number of aromatic nitrogens is 1. The second-order valence-electron chi connectivity index (χ2n) is 7.99. The van der Waals surface area contributed by atoms with Crippen LogP contribution in [-0.4, -0.2) is 30.3 Å². The van der Waals surface area contributed by atoms with Gasteiger partial charge in [-0.1, -0.05) is 63.7 Å². The lowest BCUT2D eigenvalue weighted by Gasteiger charge is -2.12. The smallest absolute Gasteiger partial charge is 0.347 e. The predicted octanol–water partition coefficient (Wildman–Crippen LogP) is 6.33. The van der Waals surface area contributed by atoms with Crippen LogP contribution < -0.4 is 9.47 Å². The Labute approximate surface area is 198 Å². The van der Waals surface area contributed by atoms with Crippen LogP contribution in [0.1, 0.15) is 83.3 Å². The van der Waals surface area contributed by atoms with Gasteiger partial charge in [0.25, 0.3) is 0 Å². The maximum atomic E-state index is 11.6. The third-order valence-electron chi connectivity index (χ3n) is 5.12. The van der Waals surface area contributed by atoms with Crippen LogP contribution in [0.25, 0.3) is 0 Å². The summed E-state index contributed by atoms with van der Waals surface area (Å²) in [5.74, 6) is 7.04. The van der Waals surface area contributed by atoms with Crippen molar-refractivity contribution in [1.29, 1.82) is 0 Å². The predicted molar refractivity (Wildman–Crippen MR) is 131 cm³/mol. The number of hydrogen-bond acceptors (Lipinski definition) is 5. The molecule has 1 aromatic carbocycles. The van der Waals surface area contributed by atoms with Crippen molar-refractivity contribution in [3.63, 3.8) is 0 Å². The average molecular weight is 452 g/mol. The van der Waals surface area contributed by atoms with Crippen LogP contribution in [0, 0.1) is 11.8 Å². The molecule has 0 spiro atoms. The van der Waals surface area contributed by atoms with Crippen LogP contribution in [0.4, 0.5) is 0 Å². The van der Waals surface area contributed by atoms with E-state index in [2.05, 4.69) is 23.7 Å². The van der Waals surface area contributed by atoms with Crippen LogP contribution in [0.3, 0.4) is 0 Å². The van der Waals surface area contributed by atoms with Crippen molar-refractivity contribution in [1.82, 2.24) is 4.98 Å². The molecular formula is C28H37NO4. The van der Waals surface area contributed by atoms with Crippen molar-refractivity contribution in [2.75, 3.05) is 13.2 Å². The monoisotopic (exact) mass is 451 g/mol. The minimum absolute atomic E-state index is 0.320. The summed E-state index contributed by atoms with van der Waals surface area (Å²) in [6.45, 7) is 6.72. The minimum Gasteiger partial charge on any atom is -0.494 e. The summed E-state index contributed by atoms with van der Waals surface area (Å²) in [6.07, 6.45) is 11.3. The van der Waals surface area contributed by atoms with Crippen molar-refractivity contribution in [3.05, 3.63) is 53.7 Å². The molecule has 178 valence electrons. The van der Waals surface area contributed by atoms with E-state index in [9.17, 15) is 4.79 Å². The van der Waals surface area contributed by atoms with Crippen LogP contribution >= 0.6 is 0 Å². The zero-order valence-electron chi connectivity index (χ0n) is 20.3. The molecule has 2 rings (SSSR count). The zero-order chi connectivity index (χ0) is 23.7. The molecule has 0 fully saturated rings. The molecule has 0 bridgehead atoms. The molecule has 1 atom stereocenters. The van der Waals surface area contributed by atoms with Gasteiger partial charge < -0.3 is 14.2 Å². The number of rotatable bonds is 14. The number of pyridine rings is 1. The topological polar surface area (TPSA) is 57.7 Å². The molecule has 0 aliphatic carbocycles. The maximum absolute atomic E-state index is 11.6. The third kappa shape index (κ3) is 10.9. The Morgan fingerprint density at radius 2 is 1.52 bits per heavy atom. The molecule has 2 aromatic rings. The molecule has 1 heterocycles. The van der Waals surface area contributed by atoms with Gasteiger partial charge in [-0.25, -0.2) is 9.78 Å². The van der Waals surface area contributed by atoms with E-state index < -0.39 is 12.1 Å². The lowest BCUT2D eigenvalue weighted by molar-refractivity contribution is -0.150. The quantitative estimate of drug-likeness (QED) is 0.191. The van der Waals surface area contributed by atoms with Gasteiger partial charge in [0.1, 0.15) is 5.75 Å². The fraction of sp³-hybridized carbons (Fsp3) is 0.500. The molecular weight excluding hydrogens is 414 g/mol. The fourth-order valence-corrected chi connectivity index (χ4v) is 3.22. The fourth-order valence-electron chi connectivity index (χ4n) is 3.22. The van der Waals surface area contributed by atoms with E-state index in [-0.39, 0.29) is 0 Å². The third-order valence-corrected chi connectivity index (χ3v) is 5.12. The first-order chi connectivity index (χ1) is 16.1. The molecule has 5 nitrogen and oxygen atoms in total. The highest BCUT2D eigenvalue weighted by molar-refractivity contribution is 5.74. The largest absolute Gasteiger partial charge is 0.494 e. The summed E-state index contributed by atoms with van der Waals surface area (Å²) < 4.78 is 16.3. The Hall–Kier alpha value is -3.00. The highest BCUT2D eigenvalue weighted by atomic mass is 16.6. The van der Waals surface area contributed by atoms with E-state index in [1.165, 1.54) is 44.9 Å². The average Bonchev–Trinajstić information content (AvgIpc) is 2.83. The number of ether oxygens (including phenoxy) is 3. The van der Waals surface area contributed by atoms with E-state index in [1.807, 2.05) is 30.3 Å². The van der Waals surface area contributed by atoms with Gasteiger partial charge in [-0.2, -0.15) is 0 Å². The Morgan fingerprint density at radius 1 is 0.879 bits per heavy atom. The van der Waals surface area contributed by atoms with E-state index >= 15 is 0 Å². The summed E-state index contributed by atoms with van der Waals surface area (Å²) in [5.41, 5.74) is 1.67. The SMILES string of the molecule is CCCCCCCCCCOc1ccc(C#Cc2ccc(O[C@@H](C)C(=O)OCC)nc2)cc1. The van der Waals surface area contributed by atoms with Crippen molar-refractivity contribution in [2.24, 2.45) is 0 Å². The first-order valence-electron chi connectivity index (χ1n) is 12.2. The van der Waals surface area contributed by atoms with Gasteiger partial charge in [0.15, 0.2) is 6.10 Å². The number of esters is 1. The number of carbonyl (C=O) groups excluding carboxylic acids is 1. The van der Waals surface area contributed by atoms with Crippen LogP contribution in [0.15, 0.2) is 42.6 Å².